The Kier molecular flexibility index (Phi) is 6.71. The van der Waals surface area contributed by atoms with Crippen LogP contribution in [0.25, 0.3) is 10.4 Å². The summed E-state index contributed by atoms with van der Waals surface area (Å²) in [6, 6.07) is 26.8. The van der Waals surface area contributed by atoms with Gasteiger partial charge in [0.25, 0.3) is 11.8 Å². The Morgan fingerprint density at radius 3 is 2.50 bits per heavy atom. The minimum absolute atomic E-state index is 0.165. The van der Waals surface area contributed by atoms with Gasteiger partial charge >= 0.3 is 5.97 Å². The monoisotopic (exact) mass is 567 g/mol. The molecule has 0 saturated heterocycles. The molecule has 3 aromatic carbocycles. The second kappa shape index (κ2) is 10.5. The molecule has 2 N–H and O–H groups in total. The van der Waals surface area contributed by atoms with E-state index in [2.05, 4.69) is 5.32 Å². The van der Waals surface area contributed by atoms with Crippen LogP contribution in [0.15, 0.2) is 96.4 Å². The standard InChI is InChI=1S/C31H22ClN3O4S/c32-25-16-22(33-29(36)20-7-3-6-19(15-20)28-9-4-14-40-28)10-12-24(25)30(37)35-18-23-11-13-27(31(38)39)34(23)17-21-5-1-2-8-26(21)35/h1-16H,17-18H2,(H,33,36)(H,38,39). The van der Waals surface area contributed by atoms with E-state index >= 15 is 0 Å². The van der Waals surface area contributed by atoms with E-state index < -0.39 is 5.97 Å². The number of aromatic nitrogens is 1. The van der Waals surface area contributed by atoms with Gasteiger partial charge in [0.15, 0.2) is 0 Å². The zero-order chi connectivity index (χ0) is 27.8. The van der Waals surface area contributed by atoms with Crippen molar-refractivity contribution >= 4 is 52.1 Å². The van der Waals surface area contributed by atoms with Gasteiger partial charge in [-0.15, -0.1) is 11.3 Å². The van der Waals surface area contributed by atoms with E-state index in [1.54, 1.807) is 57.2 Å². The summed E-state index contributed by atoms with van der Waals surface area (Å²) in [4.78, 5) is 41.2. The van der Waals surface area contributed by atoms with Crippen LogP contribution in [0.3, 0.4) is 0 Å². The maximum atomic E-state index is 13.8. The number of benzene rings is 3. The third kappa shape index (κ3) is 4.79. The molecule has 2 aromatic heterocycles. The number of rotatable bonds is 5. The van der Waals surface area contributed by atoms with Crippen molar-refractivity contribution < 1.29 is 19.5 Å². The van der Waals surface area contributed by atoms with E-state index in [4.69, 9.17) is 11.6 Å². The summed E-state index contributed by atoms with van der Waals surface area (Å²) < 4.78 is 1.71. The zero-order valence-electron chi connectivity index (χ0n) is 21.0. The summed E-state index contributed by atoms with van der Waals surface area (Å²) >= 11 is 8.20. The first-order valence-corrected chi connectivity index (χ1v) is 13.7. The van der Waals surface area contributed by atoms with Crippen molar-refractivity contribution in [2.75, 3.05) is 10.2 Å². The highest BCUT2D eigenvalue weighted by Gasteiger charge is 2.28. The van der Waals surface area contributed by atoms with Crippen molar-refractivity contribution in [2.45, 2.75) is 13.1 Å². The molecule has 5 aromatic rings. The van der Waals surface area contributed by atoms with Crippen LogP contribution in [0.5, 0.6) is 0 Å². The number of anilines is 2. The molecule has 0 spiro atoms. The lowest BCUT2D eigenvalue weighted by Gasteiger charge is -2.23. The first-order valence-electron chi connectivity index (χ1n) is 12.5. The lowest BCUT2D eigenvalue weighted by Crippen LogP contribution is -2.31. The number of nitrogens with one attached hydrogen (secondary N) is 1. The van der Waals surface area contributed by atoms with Gasteiger partial charge in [0.1, 0.15) is 5.69 Å². The molecule has 3 heterocycles. The number of carbonyl (C=O) groups excluding carboxylic acids is 2. The Hall–Kier alpha value is -4.66. The van der Waals surface area contributed by atoms with Crippen LogP contribution in [-0.4, -0.2) is 27.5 Å². The Bertz CT molecular complexity index is 1780. The average molecular weight is 568 g/mol. The van der Waals surface area contributed by atoms with Gasteiger partial charge in [-0.2, -0.15) is 0 Å². The van der Waals surface area contributed by atoms with Crippen molar-refractivity contribution in [3.63, 3.8) is 0 Å². The van der Waals surface area contributed by atoms with Crippen LogP contribution in [-0.2, 0) is 13.1 Å². The first-order chi connectivity index (χ1) is 19.4. The van der Waals surface area contributed by atoms with Gasteiger partial charge in [-0.05, 0) is 71.1 Å². The van der Waals surface area contributed by atoms with Crippen molar-refractivity contribution in [1.29, 1.82) is 0 Å². The molecule has 7 nitrogen and oxygen atoms in total. The number of para-hydroxylation sites is 1. The zero-order valence-corrected chi connectivity index (χ0v) is 22.6. The van der Waals surface area contributed by atoms with Gasteiger partial charge in [-0.1, -0.05) is 48.0 Å². The molecule has 40 heavy (non-hydrogen) atoms. The molecular formula is C31H22ClN3O4S. The molecule has 0 unspecified atom stereocenters. The molecule has 0 atom stereocenters. The predicted molar refractivity (Wildman–Crippen MR) is 157 cm³/mol. The Morgan fingerprint density at radius 1 is 0.875 bits per heavy atom. The molecule has 6 rings (SSSR count). The van der Waals surface area contributed by atoms with E-state index in [9.17, 15) is 19.5 Å². The SMILES string of the molecule is O=C(Nc1ccc(C(=O)N2Cc3ccc(C(=O)O)n3Cc3ccccc32)c(Cl)c1)c1cccc(-c2cccs2)c1. The van der Waals surface area contributed by atoms with Crippen LogP contribution in [0.2, 0.25) is 5.02 Å². The van der Waals surface area contributed by atoms with Gasteiger partial charge in [0.05, 0.1) is 23.7 Å². The van der Waals surface area contributed by atoms with E-state index in [1.807, 2.05) is 60.0 Å². The number of carboxylic acid groups (broad SMARTS) is 1. The molecule has 0 radical (unpaired) electrons. The largest absolute Gasteiger partial charge is 0.477 e. The number of carboxylic acids is 1. The van der Waals surface area contributed by atoms with Crippen molar-refractivity contribution in [3.8, 4) is 10.4 Å². The second-order valence-corrected chi connectivity index (χ2v) is 10.7. The Balaban J connectivity index is 1.26. The van der Waals surface area contributed by atoms with Crippen LogP contribution >= 0.6 is 22.9 Å². The third-order valence-electron chi connectivity index (χ3n) is 6.85. The van der Waals surface area contributed by atoms with E-state index in [0.29, 0.717) is 29.2 Å². The first kappa shape index (κ1) is 25.6. The summed E-state index contributed by atoms with van der Waals surface area (Å²) in [6.07, 6.45) is 0. The summed E-state index contributed by atoms with van der Waals surface area (Å²) in [5.74, 6) is -1.64. The lowest BCUT2D eigenvalue weighted by molar-refractivity contribution is 0.0685. The number of fused-ring (bicyclic) bond motifs is 2. The minimum Gasteiger partial charge on any atom is -0.477 e. The predicted octanol–water partition coefficient (Wildman–Crippen LogP) is 7.03. The highest BCUT2D eigenvalue weighted by Crippen LogP contribution is 2.32. The summed E-state index contributed by atoms with van der Waals surface area (Å²) in [7, 11) is 0. The molecule has 1 aliphatic heterocycles. The molecular weight excluding hydrogens is 546 g/mol. The van der Waals surface area contributed by atoms with Gasteiger partial charge in [-0.3, -0.25) is 9.59 Å². The van der Waals surface area contributed by atoms with Gasteiger partial charge in [-0.25, -0.2) is 4.79 Å². The molecule has 198 valence electrons. The smallest absolute Gasteiger partial charge is 0.352 e. The lowest BCUT2D eigenvalue weighted by atomic mass is 10.1. The van der Waals surface area contributed by atoms with E-state index in [1.165, 1.54) is 0 Å². The summed E-state index contributed by atoms with van der Waals surface area (Å²) in [5.41, 5.74) is 4.57. The fourth-order valence-electron chi connectivity index (χ4n) is 4.90. The quantitative estimate of drug-likeness (QED) is 0.238. The number of nitrogens with zero attached hydrogens (tertiary/aromatic N) is 2. The molecule has 0 fully saturated rings. The fourth-order valence-corrected chi connectivity index (χ4v) is 5.88. The molecule has 1 aliphatic rings. The van der Waals surface area contributed by atoms with Crippen molar-refractivity contribution in [2.24, 2.45) is 0 Å². The Labute approximate surface area is 238 Å². The third-order valence-corrected chi connectivity index (χ3v) is 8.09. The van der Waals surface area contributed by atoms with Gasteiger partial charge in [0, 0.05) is 27.5 Å². The topological polar surface area (TPSA) is 91.6 Å². The van der Waals surface area contributed by atoms with Crippen LogP contribution in [0.4, 0.5) is 11.4 Å². The molecule has 2 amide bonds. The normalized spacial score (nSPS) is 12.3. The highest BCUT2D eigenvalue weighted by molar-refractivity contribution is 7.13. The number of halogens is 1. The molecule has 0 saturated carbocycles. The maximum absolute atomic E-state index is 13.8. The molecule has 9 heteroatoms. The van der Waals surface area contributed by atoms with Gasteiger partial charge in [0.2, 0.25) is 0 Å². The number of hydrogen-bond donors (Lipinski definition) is 2. The van der Waals surface area contributed by atoms with Gasteiger partial charge < -0.3 is 19.9 Å². The highest BCUT2D eigenvalue weighted by atomic mass is 35.5. The van der Waals surface area contributed by atoms with Crippen molar-refractivity contribution in [3.05, 3.63) is 129 Å². The molecule has 0 aliphatic carbocycles. The Morgan fingerprint density at radius 2 is 1.73 bits per heavy atom. The minimum atomic E-state index is -1.03. The number of amides is 2. The van der Waals surface area contributed by atoms with Crippen molar-refractivity contribution in [1.82, 2.24) is 4.57 Å². The van der Waals surface area contributed by atoms with Crippen LogP contribution in [0, 0.1) is 0 Å². The van der Waals surface area contributed by atoms with E-state index in [0.717, 1.165) is 16.0 Å². The second-order valence-electron chi connectivity index (χ2n) is 9.33. The maximum Gasteiger partial charge on any atom is 0.352 e. The number of hydrogen-bond acceptors (Lipinski definition) is 4. The van der Waals surface area contributed by atoms with Crippen LogP contribution in [0.1, 0.15) is 42.5 Å². The van der Waals surface area contributed by atoms with E-state index in [-0.39, 0.29) is 34.6 Å². The summed E-state index contributed by atoms with van der Waals surface area (Å²) in [6.45, 7) is 0.509. The fraction of sp³-hybridized carbons (Fsp3) is 0.0645. The molecule has 0 bridgehead atoms. The number of aromatic carboxylic acids is 1. The van der Waals surface area contributed by atoms with Crippen LogP contribution < -0.4 is 10.2 Å². The number of carbonyl (C=O) groups is 3. The number of thiophene rings is 1. The average Bonchev–Trinajstić information content (AvgIpc) is 3.60. The summed E-state index contributed by atoms with van der Waals surface area (Å²) in [5, 5.41) is 14.7.